The average molecular weight is 433 g/mol. The van der Waals surface area contributed by atoms with Crippen molar-refractivity contribution in [3.63, 3.8) is 0 Å². The van der Waals surface area contributed by atoms with Gasteiger partial charge in [0, 0.05) is 31.1 Å². The van der Waals surface area contributed by atoms with Crippen molar-refractivity contribution < 1.29 is 4.79 Å². The first-order valence-corrected chi connectivity index (χ1v) is 11.2. The lowest BCUT2D eigenvalue weighted by molar-refractivity contribution is 0.0698. The molecular weight excluding hydrogens is 400 g/mol. The molecule has 2 aliphatic rings. The van der Waals surface area contributed by atoms with Gasteiger partial charge < -0.3 is 10.2 Å². The number of hydrogen-bond donors (Lipinski definition) is 1. The minimum absolute atomic E-state index is 0. The molecule has 0 unspecified atom stereocenters. The highest BCUT2D eigenvalue weighted by Crippen LogP contribution is 2.28. The van der Waals surface area contributed by atoms with Gasteiger partial charge in [-0.05, 0) is 50.6 Å². The molecule has 0 spiro atoms. The Morgan fingerprint density at radius 1 is 1.10 bits per heavy atom. The van der Waals surface area contributed by atoms with E-state index in [4.69, 9.17) is 0 Å². The highest BCUT2D eigenvalue weighted by atomic mass is 35.5. The lowest BCUT2D eigenvalue weighted by Crippen LogP contribution is -2.46. The van der Waals surface area contributed by atoms with Gasteiger partial charge in [-0.2, -0.15) is 5.10 Å². The van der Waals surface area contributed by atoms with Gasteiger partial charge in [-0.15, -0.1) is 12.4 Å². The van der Waals surface area contributed by atoms with Crippen LogP contribution in [0, 0.1) is 5.92 Å². The number of nitrogens with zero attached hydrogens (tertiary/aromatic N) is 3. The summed E-state index contributed by atoms with van der Waals surface area (Å²) in [6.07, 6.45) is 7.70. The Labute approximate surface area is 184 Å². The zero-order valence-corrected chi connectivity index (χ0v) is 18.6. The van der Waals surface area contributed by atoms with E-state index in [0.29, 0.717) is 29.1 Å². The van der Waals surface area contributed by atoms with E-state index in [2.05, 4.69) is 17.3 Å². The van der Waals surface area contributed by atoms with E-state index < -0.39 is 0 Å². The van der Waals surface area contributed by atoms with Crippen molar-refractivity contribution in [3.8, 4) is 0 Å². The summed E-state index contributed by atoms with van der Waals surface area (Å²) in [7, 11) is 0. The van der Waals surface area contributed by atoms with Crippen LogP contribution in [0.1, 0.15) is 62.4 Å². The van der Waals surface area contributed by atoms with Gasteiger partial charge in [-0.3, -0.25) is 9.59 Å². The Kier molecular flexibility index (Phi) is 7.89. The maximum absolute atomic E-state index is 13.3. The van der Waals surface area contributed by atoms with E-state index in [-0.39, 0.29) is 23.9 Å². The summed E-state index contributed by atoms with van der Waals surface area (Å²) in [5.74, 6) is 0.824. The maximum Gasteiger partial charge on any atom is 0.274 e. The van der Waals surface area contributed by atoms with Crippen molar-refractivity contribution in [2.75, 3.05) is 19.6 Å². The number of carbonyl (C=O) groups excluding carboxylic acids is 1. The van der Waals surface area contributed by atoms with E-state index in [1.807, 2.05) is 23.1 Å². The minimum Gasteiger partial charge on any atom is -0.337 e. The predicted molar refractivity (Wildman–Crippen MR) is 122 cm³/mol. The summed E-state index contributed by atoms with van der Waals surface area (Å²) in [6.45, 7) is 5.30. The third-order valence-electron chi connectivity index (χ3n) is 6.22. The van der Waals surface area contributed by atoms with Gasteiger partial charge >= 0.3 is 0 Å². The molecule has 1 aliphatic carbocycles. The lowest BCUT2D eigenvalue weighted by Gasteiger charge is -2.32. The van der Waals surface area contributed by atoms with Crippen LogP contribution in [0.25, 0.3) is 10.8 Å². The quantitative estimate of drug-likeness (QED) is 0.647. The minimum atomic E-state index is -0.101. The molecule has 0 bridgehead atoms. The average Bonchev–Trinajstić information content (AvgIpc) is 3.59. The van der Waals surface area contributed by atoms with Crippen LogP contribution in [0.3, 0.4) is 0 Å². The van der Waals surface area contributed by atoms with Crippen LogP contribution in [0.15, 0.2) is 29.1 Å². The fraction of sp³-hybridized carbons (Fsp3) is 0.609. The van der Waals surface area contributed by atoms with Gasteiger partial charge in [0.25, 0.3) is 11.5 Å². The largest absolute Gasteiger partial charge is 0.337 e. The second kappa shape index (κ2) is 10.4. The third kappa shape index (κ3) is 5.22. The first-order chi connectivity index (χ1) is 14.2. The standard InChI is InChI=1S/C23H32N4O2.ClH/c1-2-3-6-13-27-22(28)20-8-5-4-7-19(20)21(25-27)23(29)26-14-11-18(12-15-26)24-16-17-9-10-17;/h4-5,7-8,17-18,24H,2-3,6,9-16H2,1H3;1H. The number of piperidine rings is 1. The Morgan fingerprint density at radius 2 is 1.80 bits per heavy atom. The van der Waals surface area contributed by atoms with Gasteiger partial charge in [0.15, 0.2) is 5.69 Å². The van der Waals surface area contributed by atoms with Crippen molar-refractivity contribution in [2.45, 2.75) is 64.5 Å². The molecule has 2 aromatic rings. The number of aromatic nitrogens is 2. The molecule has 164 valence electrons. The number of benzene rings is 1. The Hall–Kier alpha value is -1.92. The molecule has 2 fully saturated rings. The molecule has 1 N–H and O–H groups in total. The predicted octanol–water partition coefficient (Wildman–Crippen LogP) is 3.61. The monoisotopic (exact) mass is 432 g/mol. The van der Waals surface area contributed by atoms with E-state index in [1.165, 1.54) is 17.5 Å². The highest BCUT2D eigenvalue weighted by molar-refractivity contribution is 6.04. The van der Waals surface area contributed by atoms with Crippen LogP contribution in [0.4, 0.5) is 0 Å². The van der Waals surface area contributed by atoms with E-state index in [0.717, 1.165) is 57.7 Å². The number of nitrogens with one attached hydrogen (secondary N) is 1. The number of carbonyl (C=O) groups is 1. The normalized spacial score (nSPS) is 17.2. The Balaban J connectivity index is 0.00000256. The summed E-state index contributed by atoms with van der Waals surface area (Å²) in [4.78, 5) is 28.0. The Bertz CT molecular complexity index is 917. The molecule has 0 atom stereocenters. The number of amides is 1. The molecule has 7 heteroatoms. The highest BCUT2D eigenvalue weighted by Gasteiger charge is 2.28. The number of hydrogen-bond acceptors (Lipinski definition) is 4. The lowest BCUT2D eigenvalue weighted by atomic mass is 10.0. The van der Waals surface area contributed by atoms with E-state index in [1.54, 1.807) is 6.07 Å². The number of halogens is 1. The summed E-state index contributed by atoms with van der Waals surface area (Å²) in [5.41, 5.74) is 0.317. The number of rotatable bonds is 8. The molecule has 30 heavy (non-hydrogen) atoms. The number of likely N-dealkylation sites (tertiary alicyclic amines) is 1. The topological polar surface area (TPSA) is 67.2 Å². The first-order valence-electron chi connectivity index (χ1n) is 11.2. The van der Waals surface area contributed by atoms with E-state index >= 15 is 0 Å². The van der Waals surface area contributed by atoms with Crippen LogP contribution in [0.2, 0.25) is 0 Å². The smallest absolute Gasteiger partial charge is 0.274 e. The van der Waals surface area contributed by atoms with Gasteiger partial charge in [0.2, 0.25) is 0 Å². The van der Waals surface area contributed by atoms with Gasteiger partial charge in [0.05, 0.1) is 5.39 Å². The zero-order valence-electron chi connectivity index (χ0n) is 17.8. The summed E-state index contributed by atoms with van der Waals surface area (Å²) in [5, 5.41) is 9.45. The fourth-order valence-corrected chi connectivity index (χ4v) is 4.15. The molecule has 6 nitrogen and oxygen atoms in total. The van der Waals surface area contributed by atoms with Crippen molar-refractivity contribution in [1.29, 1.82) is 0 Å². The summed E-state index contributed by atoms with van der Waals surface area (Å²) < 4.78 is 1.50. The SMILES string of the molecule is CCCCCn1nc(C(=O)N2CCC(NCC3CC3)CC2)c2ccccc2c1=O.Cl. The molecule has 0 radical (unpaired) electrons. The number of aryl methyl sites for hydroxylation is 1. The van der Waals surface area contributed by atoms with Crippen molar-refractivity contribution in [2.24, 2.45) is 5.92 Å². The second-order valence-corrected chi connectivity index (χ2v) is 8.55. The van der Waals surface area contributed by atoms with Gasteiger partial charge in [-0.25, -0.2) is 4.68 Å². The van der Waals surface area contributed by atoms with Crippen LogP contribution in [-0.2, 0) is 6.54 Å². The van der Waals surface area contributed by atoms with Gasteiger partial charge in [-0.1, -0.05) is 38.0 Å². The fourth-order valence-electron chi connectivity index (χ4n) is 4.15. The molecule has 1 saturated heterocycles. The second-order valence-electron chi connectivity index (χ2n) is 8.55. The molecular formula is C23H33ClN4O2. The molecule has 4 rings (SSSR count). The van der Waals surface area contributed by atoms with Crippen LogP contribution >= 0.6 is 12.4 Å². The zero-order chi connectivity index (χ0) is 20.2. The number of fused-ring (bicyclic) bond motifs is 1. The van der Waals surface area contributed by atoms with Crippen molar-refractivity contribution in [1.82, 2.24) is 20.0 Å². The van der Waals surface area contributed by atoms with Crippen LogP contribution < -0.4 is 10.9 Å². The molecule has 1 aliphatic heterocycles. The van der Waals surface area contributed by atoms with Crippen LogP contribution in [-0.4, -0.2) is 46.3 Å². The number of unbranched alkanes of at least 4 members (excludes halogenated alkanes) is 2. The molecule has 1 amide bonds. The summed E-state index contributed by atoms with van der Waals surface area (Å²) >= 11 is 0. The first kappa shape index (κ1) is 22.8. The molecule has 1 saturated carbocycles. The molecule has 1 aromatic heterocycles. The third-order valence-corrected chi connectivity index (χ3v) is 6.22. The Morgan fingerprint density at radius 3 is 2.47 bits per heavy atom. The van der Waals surface area contributed by atoms with Crippen molar-refractivity contribution >= 4 is 29.1 Å². The van der Waals surface area contributed by atoms with E-state index in [9.17, 15) is 9.59 Å². The molecule has 2 heterocycles. The summed E-state index contributed by atoms with van der Waals surface area (Å²) in [6, 6.07) is 7.88. The molecule has 1 aromatic carbocycles. The van der Waals surface area contributed by atoms with Crippen LogP contribution in [0.5, 0.6) is 0 Å². The maximum atomic E-state index is 13.3. The van der Waals surface area contributed by atoms with Crippen molar-refractivity contribution in [3.05, 3.63) is 40.3 Å². The van der Waals surface area contributed by atoms with Gasteiger partial charge in [0.1, 0.15) is 0 Å².